The van der Waals surface area contributed by atoms with E-state index in [2.05, 4.69) is 203 Å². The molecule has 3 heterocycles. The summed E-state index contributed by atoms with van der Waals surface area (Å²) in [7, 11) is 0. The average Bonchev–Trinajstić information content (AvgIpc) is 0.996. The Morgan fingerprint density at radius 3 is 1.17 bits per heavy atom. The van der Waals surface area contributed by atoms with Gasteiger partial charge in [-0.15, -0.1) is 0 Å². The van der Waals surface area contributed by atoms with Gasteiger partial charge in [-0.05, 0) is 192 Å². The normalized spacial score (nSPS) is 12.9. The summed E-state index contributed by atoms with van der Waals surface area (Å²) in [6.07, 6.45) is 25.6. The Labute approximate surface area is 802 Å². The maximum atomic E-state index is 11.3. The third kappa shape index (κ3) is 23.1. The van der Waals surface area contributed by atoms with Crippen LogP contribution in [0.4, 0.5) is 0 Å². The van der Waals surface area contributed by atoms with Crippen molar-refractivity contribution in [3.63, 3.8) is 0 Å². The minimum atomic E-state index is -0.174. The van der Waals surface area contributed by atoms with Gasteiger partial charge in [-0.25, -0.2) is 15.0 Å². The molecule has 0 radical (unpaired) electrons. The summed E-state index contributed by atoms with van der Waals surface area (Å²) in [5.74, 6) is 3.08. The molecule has 0 bridgehead atoms. The smallest absolute Gasteiger partial charge is 0.320 e. The van der Waals surface area contributed by atoms with Crippen molar-refractivity contribution in [2.75, 3.05) is 33.0 Å². The number of benzene rings is 14. The Bertz CT molecular complexity index is 6920. The van der Waals surface area contributed by atoms with Crippen LogP contribution in [-0.4, -0.2) is 115 Å². The molecule has 1 aliphatic rings. The molecule has 0 spiro atoms. The first-order valence-corrected chi connectivity index (χ1v) is 49.7. The molecule has 0 aliphatic heterocycles. The zero-order valence-corrected chi connectivity index (χ0v) is 80.2. The van der Waals surface area contributed by atoms with Gasteiger partial charge in [-0.1, -0.05) is 297 Å². The molecule has 0 saturated heterocycles. The lowest BCUT2D eigenvalue weighted by atomic mass is 9.92. The maximum Gasteiger partial charge on any atom is 0.320 e. The van der Waals surface area contributed by atoms with E-state index >= 15 is 0 Å². The van der Waals surface area contributed by atoms with E-state index in [1.807, 2.05) is 48.5 Å². The third-order valence-electron chi connectivity index (χ3n) is 26.6. The molecule has 3 aromatic heterocycles. The van der Waals surface area contributed by atoms with Crippen molar-refractivity contribution in [3.05, 3.63) is 212 Å². The Balaban J connectivity index is 0.000000149. The van der Waals surface area contributed by atoms with E-state index < -0.39 is 0 Å². The first kappa shape index (κ1) is 96.2. The Morgan fingerprint density at radius 1 is 0.277 bits per heavy atom. The molecule has 1 aliphatic carbocycles. The molecule has 3 unspecified atom stereocenters. The molecule has 137 heavy (non-hydrogen) atoms. The highest BCUT2D eigenvalue weighted by Crippen LogP contribution is 2.48. The van der Waals surface area contributed by atoms with Gasteiger partial charge in [0.05, 0.1) is 33.0 Å². The highest BCUT2D eigenvalue weighted by Gasteiger charge is 2.28. The van der Waals surface area contributed by atoms with Gasteiger partial charge in [0.1, 0.15) is 74.5 Å². The van der Waals surface area contributed by atoms with Crippen LogP contribution >= 0.6 is 0 Å². The van der Waals surface area contributed by atoms with E-state index in [9.17, 15) is 30.6 Å². The number of aromatic nitrogens is 9. The number of unbranched alkanes of at least 4 members (excludes halogenated alkanes) is 9. The van der Waals surface area contributed by atoms with Gasteiger partial charge in [-0.3, -0.25) is 0 Å². The predicted octanol–water partition coefficient (Wildman–Crippen LogP) is 29.5. The molecule has 21 heteroatoms. The lowest BCUT2D eigenvalue weighted by Crippen LogP contribution is -2.14. The van der Waals surface area contributed by atoms with Crippen LogP contribution in [0.15, 0.2) is 212 Å². The van der Waals surface area contributed by atoms with Gasteiger partial charge in [0.25, 0.3) is 0 Å². The van der Waals surface area contributed by atoms with Crippen LogP contribution in [0, 0.1) is 17.8 Å². The lowest BCUT2D eigenvalue weighted by Gasteiger charge is -2.17. The zero-order chi connectivity index (χ0) is 95.3. The lowest BCUT2D eigenvalue weighted by molar-refractivity contribution is 0.192. The van der Waals surface area contributed by atoms with Gasteiger partial charge in [0.15, 0.2) is 34.9 Å². The van der Waals surface area contributed by atoms with Crippen molar-refractivity contribution in [3.8, 4) is 138 Å². The largest absolute Gasteiger partial charge is 0.507 e. The van der Waals surface area contributed by atoms with E-state index in [1.165, 1.54) is 57.9 Å². The quantitative estimate of drug-likeness (QED) is 0.0118. The molecule has 708 valence electrons. The van der Waals surface area contributed by atoms with E-state index in [-0.39, 0.29) is 92.8 Å². The molecular weight excluding hydrogens is 1710 g/mol. The fourth-order valence-corrected chi connectivity index (χ4v) is 18.6. The molecule has 17 aromatic rings. The molecular formula is C116H127N9O12. The monoisotopic (exact) mass is 1840 g/mol. The predicted molar refractivity (Wildman–Crippen MR) is 552 cm³/mol. The minimum absolute atomic E-state index is 0.0200. The molecule has 1 fully saturated rings. The van der Waals surface area contributed by atoms with Gasteiger partial charge in [0, 0.05) is 53.1 Å². The van der Waals surface area contributed by atoms with E-state index in [0.717, 1.165) is 235 Å². The number of aromatic hydroxyl groups is 6. The third-order valence-corrected chi connectivity index (χ3v) is 26.6. The van der Waals surface area contributed by atoms with E-state index in [4.69, 9.17) is 53.3 Å². The number of fused-ring (bicyclic) bond motifs is 7. The van der Waals surface area contributed by atoms with Crippen LogP contribution < -0.4 is 28.4 Å². The second-order valence-corrected chi connectivity index (χ2v) is 36.4. The van der Waals surface area contributed by atoms with Crippen LogP contribution in [-0.2, 0) is 0 Å². The highest BCUT2D eigenvalue weighted by molar-refractivity contribution is 6.25. The standard InChI is InChI=1S/C41H45N3O4.C38H39N3O4.C37H43N3O4/c1-4-7-9-14-22-47-41-43-39(35-25-34-30-17-11-10-16-28(30)20-21-33(34)31-18-12-13-19-32(31)35)42-40(44-41)38-36(45)23-29(24-37(38)46)48-26-27(6-3)15-8-5-2;1-3-5-9-23(4-2)22-44-28-20-31(42)35(32(43)21-28)37-39-36(40-38(41-37)45-27-12-6-7-13-27)30-19-17-26-15-14-24-10-8-11-25-16-18-29(30)34(26)33(24)25;1-4-7-9-12-18-43-37-39-35(29-17-16-28-19-26-14-10-11-15-27(26)20-30(28)21-29)38-36(40-37)34-32(41)22-31(23-33(34)42)44-24-25(6-3)13-8-5-2/h10-13,16-21,23-25,27,45-46H,4-9,14-15,22,26H2,1-3H3;8,10-11,14-21,23,27,42-43H,3-7,9,12-13,22H2,1-2H3;10-11,14-17,19-23,25,41-42H,4-9,12-13,18,24H2,1-3H3. The van der Waals surface area contributed by atoms with Crippen LogP contribution in [0.1, 0.15) is 209 Å². The average molecular weight is 1840 g/mol. The van der Waals surface area contributed by atoms with Crippen molar-refractivity contribution >= 4 is 86.2 Å². The van der Waals surface area contributed by atoms with E-state index in [0.29, 0.717) is 85.5 Å². The Kier molecular flexibility index (Phi) is 32.3. The molecule has 1 saturated carbocycles. The number of rotatable bonds is 41. The van der Waals surface area contributed by atoms with E-state index in [1.54, 1.807) is 0 Å². The minimum Gasteiger partial charge on any atom is -0.507 e. The first-order valence-electron chi connectivity index (χ1n) is 49.7. The van der Waals surface area contributed by atoms with Crippen molar-refractivity contribution in [2.45, 2.75) is 216 Å². The number of nitrogens with zero attached hydrogens (tertiary/aromatic N) is 9. The van der Waals surface area contributed by atoms with Crippen LogP contribution in [0.2, 0.25) is 0 Å². The molecule has 14 aromatic carbocycles. The summed E-state index contributed by atoms with van der Waals surface area (Å²) in [5, 5.41) is 85.0. The Hall–Kier alpha value is -14.0. The second-order valence-electron chi connectivity index (χ2n) is 36.4. The Morgan fingerprint density at radius 2 is 0.657 bits per heavy atom. The summed E-state index contributed by atoms with van der Waals surface area (Å²) in [6.45, 7) is 19.8. The van der Waals surface area contributed by atoms with Crippen molar-refractivity contribution in [1.82, 2.24) is 44.9 Å². The zero-order valence-electron chi connectivity index (χ0n) is 80.2. The number of phenols is 6. The number of hydrogen-bond donors (Lipinski definition) is 6. The fourth-order valence-electron chi connectivity index (χ4n) is 18.6. The van der Waals surface area contributed by atoms with Crippen LogP contribution in [0.3, 0.4) is 0 Å². The summed E-state index contributed by atoms with van der Waals surface area (Å²) < 4.78 is 36.4. The van der Waals surface area contributed by atoms with Gasteiger partial charge in [0.2, 0.25) is 0 Å². The maximum absolute atomic E-state index is 11.3. The molecule has 18 rings (SSSR count). The fraction of sp³-hybridized carbons (Fsp3) is 0.353. The van der Waals surface area contributed by atoms with Crippen molar-refractivity contribution in [2.24, 2.45) is 17.8 Å². The van der Waals surface area contributed by atoms with Crippen LogP contribution in [0.25, 0.3) is 155 Å². The van der Waals surface area contributed by atoms with Crippen molar-refractivity contribution in [1.29, 1.82) is 0 Å². The van der Waals surface area contributed by atoms with Gasteiger partial charge >= 0.3 is 18.0 Å². The molecule has 6 N–H and O–H groups in total. The molecule has 3 atom stereocenters. The van der Waals surface area contributed by atoms with Gasteiger partial charge in [-0.2, -0.15) is 29.9 Å². The summed E-state index contributed by atoms with van der Waals surface area (Å²) >= 11 is 0. The van der Waals surface area contributed by atoms with Gasteiger partial charge < -0.3 is 59.1 Å². The summed E-state index contributed by atoms with van der Waals surface area (Å²) in [6, 6.07) is 70.3. The highest BCUT2D eigenvalue weighted by atomic mass is 16.5. The second kappa shape index (κ2) is 46.1. The number of hydrogen-bond acceptors (Lipinski definition) is 21. The number of ether oxygens (including phenoxy) is 6. The SMILES string of the molecule is CCCCC(CC)COc1cc(O)c(-c2nc(OC3CCCC3)nc(-c3ccc4ccc5cccc6ccc3c4c56)n2)c(O)c1.CCCCCCOc1nc(-c2c(O)cc(OCC(CC)CCCC)cc2O)nc(-c2cc3c4ccccc4ccc3c3ccccc23)n1.CCCCCCOc1nc(-c2ccc3cc4ccccc4cc3c2)nc(-c2c(O)cc(OCC(CC)CCCC)cc2O)n1. The number of phenolic OH excluding ortho intramolecular Hbond substituents is 6. The van der Waals surface area contributed by atoms with Crippen LogP contribution in [0.5, 0.6) is 69.8 Å². The van der Waals surface area contributed by atoms with Crippen molar-refractivity contribution < 1.29 is 59.1 Å². The summed E-state index contributed by atoms with van der Waals surface area (Å²) in [5.41, 5.74) is 2.77. The molecule has 0 amide bonds. The topological polar surface area (TPSA) is 293 Å². The molecule has 21 nitrogen and oxygen atoms in total. The first-order chi connectivity index (χ1) is 67.0. The summed E-state index contributed by atoms with van der Waals surface area (Å²) in [4.78, 5) is 42.4.